The van der Waals surface area contributed by atoms with Gasteiger partial charge >= 0.3 is 5.69 Å². The van der Waals surface area contributed by atoms with E-state index in [0.717, 1.165) is 23.0 Å². The van der Waals surface area contributed by atoms with Gasteiger partial charge in [0, 0.05) is 17.1 Å². The van der Waals surface area contributed by atoms with Crippen LogP contribution >= 0.6 is 11.6 Å². The molecule has 0 aliphatic carbocycles. The molecule has 2 heterocycles. The predicted octanol–water partition coefficient (Wildman–Crippen LogP) is 4.57. The molecule has 0 fully saturated rings. The van der Waals surface area contributed by atoms with Gasteiger partial charge in [0.1, 0.15) is 6.54 Å². The molecule has 132 valence electrons. The fourth-order valence-electron chi connectivity index (χ4n) is 3.13. The van der Waals surface area contributed by atoms with Crippen molar-refractivity contribution in [3.05, 3.63) is 76.1 Å². The van der Waals surface area contributed by atoms with Crippen LogP contribution in [0.2, 0.25) is 5.02 Å². The smallest absolute Gasteiger partial charge is 0.329 e. The summed E-state index contributed by atoms with van der Waals surface area (Å²) < 4.78 is 9.38. The number of imidazole rings is 1. The molecule has 0 saturated carbocycles. The fraction of sp³-hybridized carbons (Fsp3) is 0.200. The van der Waals surface area contributed by atoms with Gasteiger partial charge in [-0.2, -0.15) is 0 Å². The molecule has 0 radical (unpaired) electrons. The molecular weight excluding hydrogens is 350 g/mol. The lowest BCUT2D eigenvalue weighted by Gasteiger charge is -2.00. The lowest BCUT2D eigenvalue weighted by molar-refractivity contribution is 0.484. The Labute approximate surface area is 155 Å². The molecule has 2 aromatic carbocycles. The van der Waals surface area contributed by atoms with E-state index in [4.69, 9.17) is 16.0 Å². The maximum atomic E-state index is 12.8. The van der Waals surface area contributed by atoms with Crippen molar-refractivity contribution in [2.45, 2.75) is 26.4 Å². The summed E-state index contributed by atoms with van der Waals surface area (Å²) in [7, 11) is 0. The van der Waals surface area contributed by atoms with Crippen molar-refractivity contribution in [2.24, 2.45) is 0 Å². The number of nitrogens with zero attached hydrogens (tertiary/aromatic N) is 3. The summed E-state index contributed by atoms with van der Waals surface area (Å²) in [6, 6.07) is 15.2. The fourth-order valence-corrected chi connectivity index (χ4v) is 3.26. The molecule has 0 unspecified atom stereocenters. The molecule has 0 aliphatic heterocycles. The highest BCUT2D eigenvalue weighted by atomic mass is 35.5. The van der Waals surface area contributed by atoms with Gasteiger partial charge in [-0.1, -0.05) is 30.7 Å². The second kappa shape index (κ2) is 6.84. The van der Waals surface area contributed by atoms with Gasteiger partial charge in [0.05, 0.1) is 17.2 Å². The van der Waals surface area contributed by atoms with Crippen LogP contribution in [0.25, 0.3) is 22.4 Å². The van der Waals surface area contributed by atoms with E-state index >= 15 is 0 Å². The SMILES string of the molecule is CCCn1c(=O)n(Cc2ncc(-c3ccc(Cl)cc3)o2)c2ccccc21. The zero-order valence-corrected chi connectivity index (χ0v) is 15.1. The number of fused-ring (bicyclic) bond motifs is 1. The molecule has 0 bridgehead atoms. The lowest BCUT2D eigenvalue weighted by Crippen LogP contribution is -2.24. The molecular formula is C20H18ClN3O2. The summed E-state index contributed by atoms with van der Waals surface area (Å²) in [5, 5.41) is 0.670. The van der Waals surface area contributed by atoms with E-state index in [1.54, 1.807) is 15.3 Å². The van der Waals surface area contributed by atoms with Crippen LogP contribution in [-0.2, 0) is 13.1 Å². The number of hydrogen-bond donors (Lipinski definition) is 0. The average Bonchev–Trinajstić information content (AvgIpc) is 3.22. The van der Waals surface area contributed by atoms with Crippen molar-refractivity contribution in [2.75, 3.05) is 0 Å². The summed E-state index contributed by atoms with van der Waals surface area (Å²) in [6.07, 6.45) is 2.57. The molecule has 0 saturated heterocycles. The molecule has 5 nitrogen and oxygen atoms in total. The Morgan fingerprint density at radius 3 is 2.42 bits per heavy atom. The van der Waals surface area contributed by atoms with E-state index in [-0.39, 0.29) is 5.69 Å². The Hall–Kier alpha value is -2.79. The highest BCUT2D eigenvalue weighted by Gasteiger charge is 2.15. The molecule has 0 atom stereocenters. The normalized spacial score (nSPS) is 11.3. The summed E-state index contributed by atoms with van der Waals surface area (Å²) in [4.78, 5) is 17.2. The highest BCUT2D eigenvalue weighted by Crippen LogP contribution is 2.23. The van der Waals surface area contributed by atoms with Crippen LogP contribution in [0.5, 0.6) is 0 Å². The number of benzene rings is 2. The Bertz CT molecular complexity index is 1110. The van der Waals surface area contributed by atoms with Crippen molar-refractivity contribution in [1.29, 1.82) is 0 Å². The third-order valence-electron chi connectivity index (χ3n) is 4.35. The van der Waals surface area contributed by atoms with E-state index in [0.29, 0.717) is 29.8 Å². The summed E-state index contributed by atoms with van der Waals surface area (Å²) in [5.74, 6) is 1.15. The first kappa shape index (κ1) is 16.7. The molecule has 0 N–H and O–H groups in total. The maximum absolute atomic E-state index is 12.8. The topological polar surface area (TPSA) is 53.0 Å². The van der Waals surface area contributed by atoms with Crippen LogP contribution in [0.4, 0.5) is 0 Å². The van der Waals surface area contributed by atoms with Crippen molar-refractivity contribution in [3.8, 4) is 11.3 Å². The second-order valence-electron chi connectivity index (χ2n) is 6.13. The molecule has 0 aliphatic rings. The van der Waals surface area contributed by atoms with Gasteiger partial charge in [-0.3, -0.25) is 9.13 Å². The van der Waals surface area contributed by atoms with E-state index in [9.17, 15) is 4.79 Å². The van der Waals surface area contributed by atoms with Gasteiger partial charge in [0.15, 0.2) is 5.76 Å². The van der Waals surface area contributed by atoms with Gasteiger partial charge in [0.2, 0.25) is 5.89 Å². The zero-order valence-electron chi connectivity index (χ0n) is 14.4. The third-order valence-corrected chi connectivity index (χ3v) is 4.60. The van der Waals surface area contributed by atoms with Crippen LogP contribution in [-0.4, -0.2) is 14.1 Å². The zero-order chi connectivity index (χ0) is 18.1. The van der Waals surface area contributed by atoms with Crippen molar-refractivity contribution in [1.82, 2.24) is 14.1 Å². The Morgan fingerprint density at radius 1 is 1.04 bits per heavy atom. The van der Waals surface area contributed by atoms with Gasteiger partial charge in [-0.05, 0) is 42.8 Å². The predicted molar refractivity (Wildman–Crippen MR) is 103 cm³/mol. The molecule has 4 rings (SSSR count). The van der Waals surface area contributed by atoms with Crippen molar-refractivity contribution < 1.29 is 4.42 Å². The number of para-hydroxylation sites is 2. The number of hydrogen-bond acceptors (Lipinski definition) is 3. The summed E-state index contributed by atoms with van der Waals surface area (Å²) in [6.45, 7) is 3.04. The largest absolute Gasteiger partial charge is 0.439 e. The molecule has 0 amide bonds. The standard InChI is InChI=1S/C20H18ClN3O2/c1-2-11-23-16-5-3-4-6-17(16)24(20(23)25)13-19-22-12-18(26-19)14-7-9-15(21)10-8-14/h3-10,12H,2,11,13H2,1H3. The summed E-state index contributed by atoms with van der Waals surface area (Å²) in [5.41, 5.74) is 2.68. The van der Waals surface area contributed by atoms with E-state index in [2.05, 4.69) is 11.9 Å². The summed E-state index contributed by atoms with van der Waals surface area (Å²) >= 11 is 5.93. The lowest BCUT2D eigenvalue weighted by atomic mass is 10.2. The Balaban J connectivity index is 1.71. The van der Waals surface area contributed by atoms with Crippen molar-refractivity contribution >= 4 is 22.6 Å². The molecule has 2 aromatic heterocycles. The van der Waals surface area contributed by atoms with Crippen LogP contribution in [0.3, 0.4) is 0 Å². The minimum absolute atomic E-state index is 0.0423. The average molecular weight is 368 g/mol. The maximum Gasteiger partial charge on any atom is 0.329 e. The molecule has 4 aromatic rings. The van der Waals surface area contributed by atoms with Gasteiger partial charge < -0.3 is 4.42 Å². The van der Waals surface area contributed by atoms with Crippen LogP contribution in [0.1, 0.15) is 19.2 Å². The number of halogens is 1. The molecule has 6 heteroatoms. The van der Waals surface area contributed by atoms with Crippen molar-refractivity contribution in [3.63, 3.8) is 0 Å². The minimum atomic E-state index is -0.0423. The van der Waals surface area contributed by atoms with Gasteiger partial charge in [-0.25, -0.2) is 9.78 Å². The Kier molecular flexibility index (Phi) is 4.39. The first-order valence-corrected chi connectivity index (χ1v) is 8.94. The number of aryl methyl sites for hydroxylation is 1. The number of rotatable bonds is 5. The first-order valence-electron chi connectivity index (χ1n) is 8.56. The van der Waals surface area contributed by atoms with Gasteiger partial charge in [0.25, 0.3) is 0 Å². The minimum Gasteiger partial charge on any atom is -0.439 e. The number of aromatic nitrogens is 3. The number of oxazole rings is 1. The second-order valence-corrected chi connectivity index (χ2v) is 6.57. The molecule has 0 spiro atoms. The van der Waals surface area contributed by atoms with Crippen LogP contribution in [0.15, 0.2) is 63.9 Å². The highest BCUT2D eigenvalue weighted by molar-refractivity contribution is 6.30. The molecule has 26 heavy (non-hydrogen) atoms. The third kappa shape index (κ3) is 2.95. The van der Waals surface area contributed by atoms with E-state index in [1.807, 2.05) is 48.5 Å². The Morgan fingerprint density at radius 2 is 1.73 bits per heavy atom. The van der Waals surface area contributed by atoms with Gasteiger partial charge in [-0.15, -0.1) is 0 Å². The van der Waals surface area contributed by atoms with Crippen LogP contribution < -0.4 is 5.69 Å². The quantitative estimate of drug-likeness (QED) is 0.519. The monoisotopic (exact) mass is 367 g/mol. The first-order chi connectivity index (χ1) is 12.7. The van der Waals surface area contributed by atoms with Crippen LogP contribution in [0, 0.1) is 0 Å². The van der Waals surface area contributed by atoms with E-state index < -0.39 is 0 Å². The van der Waals surface area contributed by atoms with E-state index in [1.165, 1.54) is 0 Å².